The minimum atomic E-state index is -3.13. The molecule has 0 bridgehead atoms. The van der Waals surface area contributed by atoms with Crippen LogP contribution in [0.1, 0.15) is 5.56 Å². The van der Waals surface area contributed by atoms with Gasteiger partial charge in [-0.05, 0) is 29.8 Å². The molecule has 0 aromatic heterocycles. The number of amidine groups is 1. The quantitative estimate of drug-likeness (QED) is 0.787. The summed E-state index contributed by atoms with van der Waals surface area (Å²) in [5.74, 6) is -0.599. The maximum Gasteiger partial charge on any atom is 0.252 e. The number of thioether (sulfide) groups is 1. The van der Waals surface area contributed by atoms with E-state index < -0.39 is 9.84 Å². The van der Waals surface area contributed by atoms with Crippen molar-refractivity contribution >= 4 is 38.4 Å². The fourth-order valence-corrected chi connectivity index (χ4v) is 7.32. The van der Waals surface area contributed by atoms with E-state index in [4.69, 9.17) is 0 Å². The fourth-order valence-electron chi connectivity index (χ4n) is 3.38. The number of amides is 1. The Hall–Kier alpha value is -2.19. The first kappa shape index (κ1) is 18.2. The number of benzene rings is 2. The molecule has 2 aromatic rings. The highest BCUT2D eigenvalue weighted by Crippen LogP contribution is 2.41. The lowest BCUT2D eigenvalue weighted by Gasteiger charge is -2.24. The van der Waals surface area contributed by atoms with Crippen molar-refractivity contribution in [3.8, 4) is 0 Å². The van der Waals surface area contributed by atoms with Gasteiger partial charge in [0.25, 0.3) is 5.91 Å². The van der Waals surface area contributed by atoms with Gasteiger partial charge in [-0.15, -0.1) is 0 Å². The highest BCUT2D eigenvalue weighted by Gasteiger charge is 2.49. The Morgan fingerprint density at radius 2 is 1.81 bits per heavy atom. The Kier molecular flexibility index (Phi) is 4.77. The van der Waals surface area contributed by atoms with Gasteiger partial charge in [0.05, 0.1) is 24.0 Å². The van der Waals surface area contributed by atoms with E-state index in [0.29, 0.717) is 10.9 Å². The van der Waals surface area contributed by atoms with E-state index in [1.807, 2.05) is 30.3 Å². The van der Waals surface area contributed by atoms with Crippen molar-refractivity contribution in [3.63, 3.8) is 0 Å². The number of aliphatic imine (C=N–C) groups is 1. The summed E-state index contributed by atoms with van der Waals surface area (Å²) in [6.45, 7) is 0. The molecular weight excluding hydrogens is 387 g/mol. The predicted molar refractivity (Wildman–Crippen MR) is 105 cm³/mol. The molecule has 4 rings (SSSR count). The SMILES string of the molecule is O=C(Cc1ccccc1)N=C1S[C@H]2CS(=O)(=O)C[C@@H]2N1c1ccc(F)cc1. The minimum Gasteiger partial charge on any atom is -0.316 e. The summed E-state index contributed by atoms with van der Waals surface area (Å²) in [5, 5.41) is 0.302. The number of hydrogen-bond acceptors (Lipinski definition) is 4. The van der Waals surface area contributed by atoms with Gasteiger partial charge < -0.3 is 4.90 Å². The monoisotopic (exact) mass is 404 g/mol. The van der Waals surface area contributed by atoms with Gasteiger partial charge >= 0.3 is 0 Å². The summed E-state index contributed by atoms with van der Waals surface area (Å²) in [6, 6.07) is 14.8. The molecule has 27 heavy (non-hydrogen) atoms. The van der Waals surface area contributed by atoms with Crippen LogP contribution >= 0.6 is 11.8 Å². The summed E-state index contributed by atoms with van der Waals surface area (Å²) in [6.07, 6.45) is 0.176. The number of carbonyl (C=O) groups excluding carboxylic acids is 1. The molecule has 0 spiro atoms. The predicted octanol–water partition coefficient (Wildman–Crippen LogP) is 2.67. The molecule has 0 unspecified atom stereocenters. The van der Waals surface area contributed by atoms with Crippen LogP contribution in [0.4, 0.5) is 10.1 Å². The second-order valence-electron chi connectivity index (χ2n) is 6.60. The fraction of sp³-hybridized carbons (Fsp3) is 0.263. The van der Waals surface area contributed by atoms with E-state index in [-0.39, 0.29) is 40.9 Å². The average molecular weight is 404 g/mol. The van der Waals surface area contributed by atoms with Gasteiger partial charge in [-0.2, -0.15) is 4.99 Å². The van der Waals surface area contributed by atoms with Gasteiger partial charge in [0.1, 0.15) is 5.82 Å². The molecular formula is C19H17FN2O3S2. The third-order valence-electron chi connectivity index (χ3n) is 4.59. The van der Waals surface area contributed by atoms with E-state index >= 15 is 0 Å². The molecule has 2 aliphatic rings. The lowest BCUT2D eigenvalue weighted by molar-refractivity contribution is -0.117. The summed E-state index contributed by atoms with van der Waals surface area (Å²) >= 11 is 1.31. The highest BCUT2D eigenvalue weighted by atomic mass is 32.2. The van der Waals surface area contributed by atoms with Crippen molar-refractivity contribution in [2.75, 3.05) is 16.4 Å². The molecule has 140 valence electrons. The first-order chi connectivity index (χ1) is 12.9. The van der Waals surface area contributed by atoms with Gasteiger partial charge in [0.2, 0.25) is 0 Å². The first-order valence-electron chi connectivity index (χ1n) is 8.49. The first-order valence-corrected chi connectivity index (χ1v) is 11.2. The van der Waals surface area contributed by atoms with Crippen molar-refractivity contribution in [1.82, 2.24) is 0 Å². The lowest BCUT2D eigenvalue weighted by atomic mass is 10.1. The second-order valence-corrected chi connectivity index (χ2v) is 9.96. The molecule has 2 atom stereocenters. The van der Waals surface area contributed by atoms with Crippen LogP contribution in [0.3, 0.4) is 0 Å². The van der Waals surface area contributed by atoms with Crippen molar-refractivity contribution in [2.45, 2.75) is 17.7 Å². The summed E-state index contributed by atoms with van der Waals surface area (Å²) in [7, 11) is -3.13. The maximum absolute atomic E-state index is 13.3. The molecule has 2 heterocycles. The van der Waals surface area contributed by atoms with Gasteiger partial charge in [-0.1, -0.05) is 42.1 Å². The number of rotatable bonds is 3. The lowest BCUT2D eigenvalue weighted by Crippen LogP contribution is -2.37. The Labute approximate surface area is 161 Å². The molecule has 8 heteroatoms. The maximum atomic E-state index is 13.3. The number of fused-ring (bicyclic) bond motifs is 1. The van der Waals surface area contributed by atoms with Gasteiger partial charge in [0, 0.05) is 10.9 Å². The Balaban J connectivity index is 1.64. The molecule has 2 aromatic carbocycles. The molecule has 2 aliphatic heterocycles. The smallest absolute Gasteiger partial charge is 0.252 e. The number of hydrogen-bond donors (Lipinski definition) is 0. The van der Waals surface area contributed by atoms with Crippen molar-refractivity contribution in [2.24, 2.45) is 4.99 Å². The summed E-state index contributed by atoms with van der Waals surface area (Å²) in [4.78, 5) is 18.5. The van der Waals surface area contributed by atoms with Crippen molar-refractivity contribution in [1.29, 1.82) is 0 Å². The van der Waals surface area contributed by atoms with Gasteiger partial charge in [0.15, 0.2) is 15.0 Å². The summed E-state index contributed by atoms with van der Waals surface area (Å²) < 4.78 is 37.4. The second kappa shape index (κ2) is 7.09. The number of halogens is 1. The van der Waals surface area contributed by atoms with Crippen LogP contribution in [0.25, 0.3) is 0 Å². The highest BCUT2D eigenvalue weighted by molar-refractivity contribution is 8.16. The topological polar surface area (TPSA) is 66.8 Å². The van der Waals surface area contributed by atoms with Gasteiger partial charge in [-0.3, -0.25) is 4.79 Å². The number of anilines is 1. The van der Waals surface area contributed by atoms with Gasteiger partial charge in [-0.25, -0.2) is 12.8 Å². The van der Waals surface area contributed by atoms with Crippen molar-refractivity contribution in [3.05, 3.63) is 66.0 Å². The standard InChI is InChI=1S/C19H17FN2O3S2/c20-14-6-8-15(9-7-14)22-16-11-27(24,25)12-17(16)26-19(22)21-18(23)10-13-4-2-1-3-5-13/h1-9,16-17H,10-12H2/t16-,17-/m0/s1. The Morgan fingerprint density at radius 3 is 2.52 bits per heavy atom. The molecule has 2 saturated heterocycles. The Bertz CT molecular complexity index is 991. The van der Waals surface area contributed by atoms with Crippen LogP contribution in [0.5, 0.6) is 0 Å². The third-order valence-corrected chi connectivity index (χ3v) is 7.80. The van der Waals surface area contributed by atoms with E-state index in [2.05, 4.69) is 4.99 Å². The van der Waals surface area contributed by atoms with E-state index in [0.717, 1.165) is 5.56 Å². The zero-order valence-corrected chi connectivity index (χ0v) is 15.9. The normalized spacial score (nSPS) is 24.9. The van der Waals surface area contributed by atoms with E-state index in [1.165, 1.54) is 23.9 Å². The molecule has 2 fully saturated rings. The van der Waals surface area contributed by atoms with Crippen LogP contribution < -0.4 is 4.90 Å². The van der Waals surface area contributed by atoms with Crippen LogP contribution in [0.2, 0.25) is 0 Å². The number of carbonyl (C=O) groups is 1. The largest absolute Gasteiger partial charge is 0.316 e. The molecule has 0 N–H and O–H groups in total. The molecule has 5 nitrogen and oxygen atoms in total. The van der Waals surface area contributed by atoms with E-state index in [1.54, 1.807) is 17.0 Å². The van der Waals surface area contributed by atoms with Crippen molar-refractivity contribution < 1.29 is 17.6 Å². The zero-order valence-electron chi connectivity index (χ0n) is 14.3. The number of sulfone groups is 1. The van der Waals surface area contributed by atoms with E-state index in [9.17, 15) is 17.6 Å². The van der Waals surface area contributed by atoms with Crippen LogP contribution in [-0.4, -0.2) is 42.3 Å². The molecule has 0 aliphatic carbocycles. The molecule has 0 radical (unpaired) electrons. The molecule has 0 saturated carbocycles. The molecule has 1 amide bonds. The number of nitrogens with zero attached hydrogens (tertiary/aromatic N) is 2. The average Bonchev–Trinajstić information content (AvgIpc) is 3.07. The Morgan fingerprint density at radius 1 is 1.11 bits per heavy atom. The summed E-state index contributed by atoms with van der Waals surface area (Å²) in [5.41, 5.74) is 1.51. The van der Waals surface area contributed by atoms with Crippen LogP contribution in [0.15, 0.2) is 59.6 Å². The van der Waals surface area contributed by atoms with Crippen LogP contribution in [0, 0.1) is 5.82 Å². The zero-order chi connectivity index (χ0) is 19.0. The third kappa shape index (κ3) is 3.91. The minimum absolute atomic E-state index is 0.00788. The van der Waals surface area contributed by atoms with Crippen LogP contribution in [-0.2, 0) is 21.1 Å².